The van der Waals surface area contributed by atoms with E-state index in [9.17, 15) is 18.5 Å². The van der Waals surface area contributed by atoms with Crippen molar-refractivity contribution < 1.29 is 13.3 Å². The predicted molar refractivity (Wildman–Crippen MR) is 62.5 cm³/mol. The normalized spacial score (nSPS) is 11.3. The SMILES string of the molecule is O=[N+]([O-])c1nccn1CS(=O)(=O)c1ccccc1. The maximum Gasteiger partial charge on any atom is 0.435 e. The van der Waals surface area contributed by atoms with Crippen LogP contribution in [0.15, 0.2) is 47.6 Å². The Bertz CT molecular complexity index is 663. The van der Waals surface area contributed by atoms with E-state index in [0.29, 0.717) is 0 Å². The number of nitrogens with zero attached hydrogens (tertiary/aromatic N) is 3. The molecule has 0 aliphatic carbocycles. The Balaban J connectivity index is 2.34. The second kappa shape index (κ2) is 4.57. The van der Waals surface area contributed by atoms with Gasteiger partial charge in [0.2, 0.25) is 9.84 Å². The minimum atomic E-state index is -3.62. The standard InChI is InChI=1S/C10H9N3O4S/c14-13(15)10-11-6-7-12(10)8-18(16,17)9-4-2-1-3-5-9/h1-7H,8H2. The topological polar surface area (TPSA) is 95.1 Å². The average Bonchev–Trinajstić information content (AvgIpc) is 2.78. The van der Waals surface area contributed by atoms with Crippen molar-refractivity contribution in [1.82, 2.24) is 9.55 Å². The third-order valence-electron chi connectivity index (χ3n) is 2.27. The lowest BCUT2D eigenvalue weighted by Crippen LogP contribution is -2.12. The molecule has 0 saturated heterocycles. The second-order valence-electron chi connectivity index (χ2n) is 3.51. The molecule has 1 heterocycles. The van der Waals surface area contributed by atoms with Crippen molar-refractivity contribution in [2.75, 3.05) is 0 Å². The van der Waals surface area contributed by atoms with Gasteiger partial charge in [-0.1, -0.05) is 23.2 Å². The van der Waals surface area contributed by atoms with Crippen molar-refractivity contribution in [2.24, 2.45) is 0 Å². The van der Waals surface area contributed by atoms with Crippen molar-refractivity contribution in [3.8, 4) is 0 Å². The summed E-state index contributed by atoms with van der Waals surface area (Å²) < 4.78 is 25.0. The Labute approximate surface area is 103 Å². The van der Waals surface area contributed by atoms with Gasteiger partial charge in [0.25, 0.3) is 0 Å². The van der Waals surface area contributed by atoms with Crippen LogP contribution in [0.2, 0.25) is 0 Å². The number of imidazole rings is 1. The van der Waals surface area contributed by atoms with Gasteiger partial charge in [0.05, 0.1) is 4.90 Å². The third kappa shape index (κ3) is 2.38. The molecule has 0 aliphatic heterocycles. The molecule has 0 aliphatic rings. The summed E-state index contributed by atoms with van der Waals surface area (Å²) in [5.41, 5.74) is 0. The molecule has 7 nitrogen and oxygen atoms in total. The Morgan fingerprint density at radius 1 is 1.28 bits per heavy atom. The molecule has 2 rings (SSSR count). The average molecular weight is 267 g/mol. The first-order chi connectivity index (χ1) is 8.50. The zero-order valence-electron chi connectivity index (χ0n) is 9.13. The minimum absolute atomic E-state index is 0.119. The zero-order valence-corrected chi connectivity index (χ0v) is 9.95. The molecule has 0 unspecified atom stereocenters. The van der Waals surface area contributed by atoms with Gasteiger partial charge in [-0.25, -0.2) is 13.0 Å². The van der Waals surface area contributed by atoms with Crippen LogP contribution >= 0.6 is 0 Å². The van der Waals surface area contributed by atoms with Crippen LogP contribution in [0, 0.1) is 10.1 Å². The van der Waals surface area contributed by atoms with Gasteiger partial charge in [-0.05, 0) is 17.1 Å². The van der Waals surface area contributed by atoms with Crippen LogP contribution in [0.5, 0.6) is 0 Å². The lowest BCUT2D eigenvalue weighted by molar-refractivity contribution is -0.396. The molecule has 0 spiro atoms. The van der Waals surface area contributed by atoms with Crippen molar-refractivity contribution in [3.05, 3.63) is 52.8 Å². The fourth-order valence-electron chi connectivity index (χ4n) is 1.46. The van der Waals surface area contributed by atoms with Gasteiger partial charge in [0.15, 0.2) is 5.88 Å². The molecule has 94 valence electrons. The molecule has 1 aromatic heterocycles. The molecule has 0 saturated carbocycles. The molecule has 0 bridgehead atoms. The van der Waals surface area contributed by atoms with E-state index in [0.717, 1.165) is 4.57 Å². The van der Waals surface area contributed by atoms with E-state index in [1.54, 1.807) is 18.2 Å². The molecule has 0 atom stereocenters. The summed E-state index contributed by atoms with van der Waals surface area (Å²) >= 11 is 0. The Hall–Kier alpha value is -2.22. The Morgan fingerprint density at radius 3 is 2.56 bits per heavy atom. The van der Waals surface area contributed by atoms with Gasteiger partial charge in [-0.3, -0.25) is 0 Å². The van der Waals surface area contributed by atoms with Crippen molar-refractivity contribution in [3.63, 3.8) is 0 Å². The first-order valence-corrected chi connectivity index (χ1v) is 6.59. The highest BCUT2D eigenvalue weighted by Gasteiger charge is 2.22. The van der Waals surface area contributed by atoms with E-state index in [1.165, 1.54) is 24.5 Å². The molecule has 1 aromatic carbocycles. The highest BCUT2D eigenvalue weighted by molar-refractivity contribution is 7.90. The molecule has 18 heavy (non-hydrogen) atoms. The fraction of sp³-hybridized carbons (Fsp3) is 0.100. The highest BCUT2D eigenvalue weighted by atomic mass is 32.2. The first kappa shape index (κ1) is 12.2. The zero-order chi connectivity index (χ0) is 13.2. The number of rotatable bonds is 4. The summed E-state index contributed by atoms with van der Waals surface area (Å²) in [6.07, 6.45) is 2.46. The maximum absolute atomic E-state index is 12.0. The molecular weight excluding hydrogens is 258 g/mol. The van der Waals surface area contributed by atoms with Gasteiger partial charge in [0.1, 0.15) is 12.4 Å². The van der Waals surface area contributed by atoms with E-state index < -0.39 is 26.6 Å². The van der Waals surface area contributed by atoms with E-state index >= 15 is 0 Å². The number of aromatic nitrogens is 2. The highest BCUT2D eigenvalue weighted by Crippen LogP contribution is 2.15. The fourth-order valence-corrected chi connectivity index (χ4v) is 2.75. The van der Waals surface area contributed by atoms with E-state index in [4.69, 9.17) is 0 Å². The smallest absolute Gasteiger partial charge is 0.390 e. The van der Waals surface area contributed by atoms with Crippen molar-refractivity contribution >= 4 is 15.8 Å². The molecular formula is C10H9N3O4S. The van der Waals surface area contributed by atoms with Crippen LogP contribution in [0.25, 0.3) is 0 Å². The van der Waals surface area contributed by atoms with Crippen LogP contribution in [0.4, 0.5) is 5.95 Å². The number of hydrogen-bond acceptors (Lipinski definition) is 5. The second-order valence-corrected chi connectivity index (χ2v) is 5.47. The number of nitro groups is 1. The number of benzene rings is 1. The van der Waals surface area contributed by atoms with Gasteiger partial charge in [-0.2, -0.15) is 0 Å². The van der Waals surface area contributed by atoms with Crippen molar-refractivity contribution in [1.29, 1.82) is 0 Å². The van der Waals surface area contributed by atoms with E-state index in [1.807, 2.05) is 0 Å². The van der Waals surface area contributed by atoms with Crippen molar-refractivity contribution in [2.45, 2.75) is 10.8 Å². The Kier molecular flexibility index (Phi) is 3.11. The number of sulfone groups is 1. The van der Waals surface area contributed by atoms with E-state index in [-0.39, 0.29) is 4.90 Å². The Morgan fingerprint density at radius 2 is 1.94 bits per heavy atom. The molecule has 0 radical (unpaired) electrons. The predicted octanol–water partition coefficient (Wildman–Crippen LogP) is 1.22. The third-order valence-corrected chi connectivity index (χ3v) is 3.88. The van der Waals surface area contributed by atoms with Crippen LogP contribution < -0.4 is 0 Å². The van der Waals surface area contributed by atoms with Crippen LogP contribution in [0.3, 0.4) is 0 Å². The molecule has 0 fully saturated rings. The lowest BCUT2D eigenvalue weighted by Gasteiger charge is -2.03. The first-order valence-electron chi connectivity index (χ1n) is 4.94. The van der Waals surface area contributed by atoms with Crippen LogP contribution in [-0.4, -0.2) is 22.9 Å². The summed E-state index contributed by atoms with van der Waals surface area (Å²) in [4.78, 5) is 13.5. The van der Waals surface area contributed by atoms with Gasteiger partial charge < -0.3 is 10.1 Å². The van der Waals surface area contributed by atoms with Gasteiger partial charge in [0, 0.05) is 0 Å². The monoisotopic (exact) mass is 267 g/mol. The summed E-state index contributed by atoms with van der Waals surface area (Å²) in [6.45, 7) is 0. The summed E-state index contributed by atoms with van der Waals surface area (Å²) in [6, 6.07) is 7.76. The summed E-state index contributed by atoms with van der Waals surface area (Å²) in [5, 5.41) is 10.6. The van der Waals surface area contributed by atoms with Crippen LogP contribution in [-0.2, 0) is 15.7 Å². The maximum atomic E-state index is 12.0. The summed E-state index contributed by atoms with van der Waals surface area (Å²) in [5.74, 6) is -0.998. The van der Waals surface area contributed by atoms with Gasteiger partial charge >= 0.3 is 5.95 Å². The number of hydrogen-bond donors (Lipinski definition) is 0. The molecule has 8 heteroatoms. The molecule has 2 aromatic rings. The van der Waals surface area contributed by atoms with E-state index in [2.05, 4.69) is 4.98 Å². The largest absolute Gasteiger partial charge is 0.435 e. The van der Waals surface area contributed by atoms with Gasteiger partial charge in [-0.15, -0.1) is 0 Å². The molecule has 0 amide bonds. The molecule has 0 N–H and O–H groups in total. The lowest BCUT2D eigenvalue weighted by atomic mass is 10.4. The minimum Gasteiger partial charge on any atom is -0.390 e. The summed E-state index contributed by atoms with van der Waals surface area (Å²) in [7, 11) is -3.62. The quantitative estimate of drug-likeness (QED) is 0.613. The van der Waals surface area contributed by atoms with Crippen LogP contribution in [0.1, 0.15) is 0 Å².